The van der Waals surface area contributed by atoms with Gasteiger partial charge in [-0.15, -0.1) is 11.3 Å². The molecule has 0 aliphatic heterocycles. The van der Waals surface area contributed by atoms with Crippen molar-refractivity contribution in [1.82, 2.24) is 4.98 Å². The monoisotopic (exact) mass is 281 g/mol. The van der Waals surface area contributed by atoms with Gasteiger partial charge in [-0.05, 0) is 23.8 Å². The van der Waals surface area contributed by atoms with Gasteiger partial charge < -0.3 is 0 Å². The highest BCUT2D eigenvalue weighted by atomic mass is 32.1. The van der Waals surface area contributed by atoms with Gasteiger partial charge in [0.15, 0.2) is 5.78 Å². The first-order valence-corrected chi connectivity index (χ1v) is 7.54. The molecular formula is C17H15NOS. The second-order valence-corrected chi connectivity index (χ2v) is 5.84. The molecule has 2 nitrogen and oxygen atoms in total. The Hall–Kier alpha value is -2.00. The molecule has 3 aromatic rings. The van der Waals surface area contributed by atoms with Crippen LogP contribution in [-0.2, 0) is 6.42 Å². The molecule has 0 saturated heterocycles. The molecule has 0 saturated carbocycles. The Kier molecular flexibility index (Phi) is 3.61. The number of para-hydroxylation sites is 1. The molecule has 0 unspecified atom stereocenters. The highest BCUT2D eigenvalue weighted by Crippen LogP contribution is 2.23. The largest absolute Gasteiger partial charge is 0.294 e. The molecule has 0 bridgehead atoms. The zero-order valence-electron chi connectivity index (χ0n) is 11.3. The predicted molar refractivity (Wildman–Crippen MR) is 83.5 cm³/mol. The average molecular weight is 281 g/mol. The highest BCUT2D eigenvalue weighted by molar-refractivity contribution is 7.18. The number of rotatable bonds is 4. The van der Waals surface area contributed by atoms with Crippen molar-refractivity contribution >= 4 is 27.3 Å². The van der Waals surface area contributed by atoms with E-state index in [1.165, 1.54) is 4.70 Å². The van der Waals surface area contributed by atoms with Gasteiger partial charge >= 0.3 is 0 Å². The van der Waals surface area contributed by atoms with E-state index in [0.717, 1.165) is 28.1 Å². The number of carbonyl (C=O) groups is 1. The first-order chi connectivity index (χ1) is 9.76. The summed E-state index contributed by atoms with van der Waals surface area (Å²) in [5.41, 5.74) is 2.99. The van der Waals surface area contributed by atoms with Crippen molar-refractivity contribution in [2.24, 2.45) is 0 Å². The van der Waals surface area contributed by atoms with E-state index in [0.29, 0.717) is 6.42 Å². The van der Waals surface area contributed by atoms with Crippen molar-refractivity contribution in [3.63, 3.8) is 0 Å². The molecule has 3 rings (SSSR count). The molecule has 0 fully saturated rings. The van der Waals surface area contributed by atoms with Crippen molar-refractivity contribution in [2.45, 2.75) is 19.8 Å². The fraction of sp³-hybridized carbons (Fsp3) is 0.176. The van der Waals surface area contributed by atoms with Crippen molar-refractivity contribution in [1.29, 1.82) is 0 Å². The Bertz CT molecular complexity index is 727. The zero-order chi connectivity index (χ0) is 13.9. The molecule has 1 aromatic heterocycles. The summed E-state index contributed by atoms with van der Waals surface area (Å²) in [4.78, 5) is 16.4. The SMILES string of the molecule is CCC(=O)c1cccc(Cc2nc3ccccc3s2)c1. The van der Waals surface area contributed by atoms with Crippen LogP contribution in [0, 0.1) is 0 Å². The normalized spacial score (nSPS) is 10.8. The Balaban J connectivity index is 1.88. The van der Waals surface area contributed by atoms with Crippen molar-refractivity contribution < 1.29 is 4.79 Å². The van der Waals surface area contributed by atoms with Crippen molar-refractivity contribution in [3.05, 3.63) is 64.7 Å². The van der Waals surface area contributed by atoms with Gasteiger partial charge in [-0.2, -0.15) is 0 Å². The fourth-order valence-electron chi connectivity index (χ4n) is 2.23. The van der Waals surface area contributed by atoms with Crippen LogP contribution in [0.5, 0.6) is 0 Å². The van der Waals surface area contributed by atoms with Gasteiger partial charge in [0.05, 0.1) is 15.2 Å². The number of nitrogens with zero attached hydrogens (tertiary/aromatic N) is 1. The molecule has 0 spiro atoms. The third-order valence-corrected chi connectivity index (χ3v) is 4.30. The molecule has 2 aromatic carbocycles. The van der Waals surface area contributed by atoms with Crippen molar-refractivity contribution in [3.8, 4) is 0 Å². The van der Waals surface area contributed by atoms with E-state index in [2.05, 4.69) is 17.1 Å². The highest BCUT2D eigenvalue weighted by Gasteiger charge is 2.07. The molecule has 0 atom stereocenters. The fourth-order valence-corrected chi connectivity index (χ4v) is 3.23. The number of hydrogen-bond donors (Lipinski definition) is 0. The summed E-state index contributed by atoms with van der Waals surface area (Å²) in [6, 6.07) is 16.0. The number of fused-ring (bicyclic) bond motifs is 1. The predicted octanol–water partition coefficient (Wildman–Crippen LogP) is 4.48. The number of thiazole rings is 1. The number of hydrogen-bond acceptors (Lipinski definition) is 3. The molecule has 0 aliphatic carbocycles. The molecule has 0 amide bonds. The third kappa shape index (κ3) is 2.63. The van der Waals surface area contributed by atoms with E-state index in [-0.39, 0.29) is 5.78 Å². The van der Waals surface area contributed by atoms with Crippen LogP contribution in [0.15, 0.2) is 48.5 Å². The molecule has 0 radical (unpaired) electrons. The lowest BCUT2D eigenvalue weighted by atomic mass is 10.0. The Morgan fingerprint density at radius 1 is 1.15 bits per heavy atom. The number of benzene rings is 2. The summed E-state index contributed by atoms with van der Waals surface area (Å²) in [7, 11) is 0. The number of aromatic nitrogens is 1. The van der Waals surface area contributed by atoms with E-state index < -0.39 is 0 Å². The minimum absolute atomic E-state index is 0.191. The minimum Gasteiger partial charge on any atom is -0.294 e. The smallest absolute Gasteiger partial charge is 0.162 e. The summed E-state index contributed by atoms with van der Waals surface area (Å²) in [5, 5.41) is 1.09. The van der Waals surface area contributed by atoms with E-state index in [9.17, 15) is 4.79 Å². The van der Waals surface area contributed by atoms with Gasteiger partial charge in [0.25, 0.3) is 0 Å². The lowest BCUT2D eigenvalue weighted by Gasteiger charge is -2.02. The summed E-state index contributed by atoms with van der Waals surface area (Å²) in [5.74, 6) is 0.191. The average Bonchev–Trinajstić information content (AvgIpc) is 2.88. The van der Waals surface area contributed by atoms with Crippen molar-refractivity contribution in [2.75, 3.05) is 0 Å². The standard InChI is InChI=1S/C17H15NOS/c1-2-15(19)13-7-5-6-12(10-13)11-17-18-14-8-3-4-9-16(14)20-17/h3-10H,2,11H2,1H3. The maximum atomic E-state index is 11.7. The molecule has 20 heavy (non-hydrogen) atoms. The van der Waals surface area contributed by atoms with Crippen LogP contribution in [0.2, 0.25) is 0 Å². The second-order valence-electron chi connectivity index (χ2n) is 4.73. The Morgan fingerprint density at radius 3 is 2.80 bits per heavy atom. The van der Waals surface area contributed by atoms with Gasteiger partial charge in [-0.3, -0.25) is 4.79 Å². The Labute approximate surface area is 122 Å². The summed E-state index contributed by atoms with van der Waals surface area (Å²) in [6.07, 6.45) is 1.33. The molecular weight excluding hydrogens is 266 g/mol. The molecule has 3 heteroatoms. The van der Waals surface area contributed by atoms with Crippen LogP contribution in [0.1, 0.15) is 34.3 Å². The van der Waals surface area contributed by atoms with E-state index in [4.69, 9.17) is 0 Å². The topological polar surface area (TPSA) is 30.0 Å². The van der Waals surface area contributed by atoms with Crippen LogP contribution >= 0.6 is 11.3 Å². The number of Topliss-reactive ketones (excluding diaryl/α,β-unsaturated/α-hetero) is 1. The van der Waals surface area contributed by atoms with Gasteiger partial charge in [-0.1, -0.05) is 37.3 Å². The molecule has 1 heterocycles. The van der Waals surface area contributed by atoms with Crippen LogP contribution < -0.4 is 0 Å². The van der Waals surface area contributed by atoms with Crippen LogP contribution in [0.25, 0.3) is 10.2 Å². The molecule has 100 valence electrons. The lowest BCUT2D eigenvalue weighted by Crippen LogP contribution is -1.97. The minimum atomic E-state index is 0.191. The summed E-state index contributed by atoms with van der Waals surface area (Å²) >= 11 is 1.72. The zero-order valence-corrected chi connectivity index (χ0v) is 12.1. The van der Waals surface area contributed by atoms with Gasteiger partial charge in [0.2, 0.25) is 0 Å². The maximum Gasteiger partial charge on any atom is 0.162 e. The van der Waals surface area contributed by atoms with E-state index >= 15 is 0 Å². The van der Waals surface area contributed by atoms with E-state index in [1.54, 1.807) is 11.3 Å². The van der Waals surface area contributed by atoms with Crippen LogP contribution in [0.3, 0.4) is 0 Å². The third-order valence-electron chi connectivity index (χ3n) is 3.26. The summed E-state index contributed by atoms with van der Waals surface area (Å²) in [6.45, 7) is 1.89. The number of carbonyl (C=O) groups excluding carboxylic acids is 1. The Morgan fingerprint density at radius 2 is 2.00 bits per heavy atom. The lowest BCUT2D eigenvalue weighted by molar-refractivity contribution is 0.0988. The van der Waals surface area contributed by atoms with Gasteiger partial charge in [0.1, 0.15) is 0 Å². The number of ketones is 1. The van der Waals surface area contributed by atoms with E-state index in [1.807, 2.05) is 43.3 Å². The molecule has 0 N–H and O–H groups in total. The first kappa shape index (κ1) is 13.0. The second kappa shape index (κ2) is 5.55. The van der Waals surface area contributed by atoms with Gasteiger partial charge in [0, 0.05) is 18.4 Å². The van der Waals surface area contributed by atoms with Crippen LogP contribution in [-0.4, -0.2) is 10.8 Å². The summed E-state index contributed by atoms with van der Waals surface area (Å²) < 4.78 is 1.21. The van der Waals surface area contributed by atoms with Crippen LogP contribution in [0.4, 0.5) is 0 Å². The first-order valence-electron chi connectivity index (χ1n) is 6.73. The molecule has 0 aliphatic rings. The van der Waals surface area contributed by atoms with Gasteiger partial charge in [-0.25, -0.2) is 4.98 Å². The maximum absolute atomic E-state index is 11.7. The quantitative estimate of drug-likeness (QED) is 0.660.